The summed E-state index contributed by atoms with van der Waals surface area (Å²) in [6, 6.07) is 5.79. The molecule has 0 atom stereocenters. The number of fused-ring (bicyclic) bond motifs is 1. The molecule has 3 aliphatic rings. The molecule has 3 heterocycles. The summed E-state index contributed by atoms with van der Waals surface area (Å²) in [5.41, 5.74) is 1.03. The second-order valence-corrected chi connectivity index (χ2v) is 7.63. The topological polar surface area (TPSA) is 57.3 Å². The van der Waals surface area contributed by atoms with Gasteiger partial charge in [0.1, 0.15) is 0 Å². The molecule has 2 fully saturated rings. The highest BCUT2D eigenvalue weighted by atomic mass is 16.7. The molecule has 0 aromatic heterocycles. The Bertz CT molecular complexity index is 640. The second-order valence-electron chi connectivity index (χ2n) is 7.63. The summed E-state index contributed by atoms with van der Waals surface area (Å²) in [5, 5.41) is 3.01. The maximum Gasteiger partial charge on any atom is 0.234 e. The van der Waals surface area contributed by atoms with Crippen molar-refractivity contribution >= 4 is 5.91 Å². The molecule has 0 bridgehead atoms. The zero-order valence-electron chi connectivity index (χ0n) is 16.0. The Morgan fingerprint density at radius 2 is 1.56 bits per heavy atom. The molecule has 27 heavy (non-hydrogen) atoms. The molecule has 1 N–H and O–H groups in total. The Labute approximate surface area is 161 Å². The van der Waals surface area contributed by atoms with Gasteiger partial charge in [0, 0.05) is 45.8 Å². The number of rotatable bonds is 7. The molecular formula is C20H30N4O3. The van der Waals surface area contributed by atoms with Gasteiger partial charge in [0.2, 0.25) is 12.7 Å². The van der Waals surface area contributed by atoms with Gasteiger partial charge in [-0.1, -0.05) is 6.07 Å². The number of piperazine rings is 1. The van der Waals surface area contributed by atoms with Gasteiger partial charge in [-0.25, -0.2) is 0 Å². The Balaban J connectivity index is 1.13. The molecule has 0 unspecified atom stereocenters. The number of hydrogen-bond acceptors (Lipinski definition) is 6. The Kier molecular flexibility index (Phi) is 6.11. The van der Waals surface area contributed by atoms with Crippen molar-refractivity contribution in [2.75, 3.05) is 65.7 Å². The molecule has 1 amide bonds. The van der Waals surface area contributed by atoms with Crippen LogP contribution in [-0.4, -0.2) is 86.3 Å². The van der Waals surface area contributed by atoms with Gasteiger partial charge >= 0.3 is 0 Å². The van der Waals surface area contributed by atoms with Crippen LogP contribution in [0.25, 0.3) is 0 Å². The Morgan fingerprint density at radius 3 is 2.33 bits per heavy atom. The lowest BCUT2D eigenvalue weighted by Gasteiger charge is -2.35. The van der Waals surface area contributed by atoms with Gasteiger partial charge in [-0.05, 0) is 43.6 Å². The molecule has 7 heteroatoms. The van der Waals surface area contributed by atoms with E-state index in [1.807, 2.05) is 18.2 Å². The predicted molar refractivity (Wildman–Crippen MR) is 103 cm³/mol. The van der Waals surface area contributed by atoms with Crippen molar-refractivity contribution in [3.8, 4) is 11.5 Å². The molecule has 2 saturated heterocycles. The number of nitrogens with zero attached hydrogens (tertiary/aromatic N) is 3. The fraction of sp³-hybridized carbons (Fsp3) is 0.650. The Morgan fingerprint density at radius 1 is 0.889 bits per heavy atom. The fourth-order valence-corrected chi connectivity index (χ4v) is 3.97. The third kappa shape index (κ3) is 5.12. The number of hydrogen-bond donors (Lipinski definition) is 1. The van der Waals surface area contributed by atoms with Crippen molar-refractivity contribution in [1.82, 2.24) is 20.0 Å². The molecule has 0 aliphatic carbocycles. The fourth-order valence-electron chi connectivity index (χ4n) is 3.97. The number of likely N-dealkylation sites (tertiary alicyclic amines) is 1. The first-order valence-corrected chi connectivity index (χ1v) is 10.1. The minimum Gasteiger partial charge on any atom is -0.454 e. The van der Waals surface area contributed by atoms with Gasteiger partial charge in [0.05, 0.1) is 6.54 Å². The van der Waals surface area contributed by atoms with Gasteiger partial charge in [0.15, 0.2) is 11.5 Å². The Hall–Kier alpha value is -1.83. The molecule has 7 nitrogen and oxygen atoms in total. The number of ether oxygens (including phenoxy) is 2. The van der Waals surface area contributed by atoms with E-state index in [0.717, 1.165) is 49.8 Å². The average molecular weight is 374 g/mol. The third-order valence-electron chi connectivity index (χ3n) is 5.69. The number of carbonyl (C=O) groups is 1. The van der Waals surface area contributed by atoms with Crippen molar-refractivity contribution in [3.63, 3.8) is 0 Å². The summed E-state index contributed by atoms with van der Waals surface area (Å²) in [5.74, 6) is 1.61. The van der Waals surface area contributed by atoms with Crippen LogP contribution in [0.15, 0.2) is 18.2 Å². The van der Waals surface area contributed by atoms with Gasteiger partial charge in [-0.3, -0.25) is 14.6 Å². The van der Waals surface area contributed by atoms with E-state index in [9.17, 15) is 4.79 Å². The number of nitrogens with one attached hydrogen (secondary N) is 1. The van der Waals surface area contributed by atoms with Crippen molar-refractivity contribution < 1.29 is 14.3 Å². The van der Waals surface area contributed by atoms with Crippen LogP contribution in [0, 0.1) is 0 Å². The first-order valence-electron chi connectivity index (χ1n) is 10.1. The first kappa shape index (κ1) is 18.5. The minimum absolute atomic E-state index is 0.0817. The van der Waals surface area contributed by atoms with E-state index < -0.39 is 0 Å². The monoisotopic (exact) mass is 374 g/mol. The van der Waals surface area contributed by atoms with Crippen LogP contribution in [0.5, 0.6) is 11.5 Å². The highest BCUT2D eigenvalue weighted by Gasteiger charge is 2.20. The van der Waals surface area contributed by atoms with E-state index in [1.165, 1.54) is 32.5 Å². The van der Waals surface area contributed by atoms with Gasteiger partial charge in [0.25, 0.3) is 0 Å². The van der Waals surface area contributed by atoms with E-state index in [2.05, 4.69) is 20.0 Å². The van der Waals surface area contributed by atoms with Gasteiger partial charge in [-0.2, -0.15) is 0 Å². The molecule has 0 saturated carbocycles. The number of benzene rings is 1. The lowest BCUT2D eigenvalue weighted by Crippen LogP contribution is -2.50. The van der Waals surface area contributed by atoms with E-state index in [-0.39, 0.29) is 12.7 Å². The van der Waals surface area contributed by atoms with Crippen LogP contribution < -0.4 is 14.8 Å². The van der Waals surface area contributed by atoms with Crippen LogP contribution in [0.2, 0.25) is 0 Å². The smallest absolute Gasteiger partial charge is 0.234 e. The van der Waals surface area contributed by atoms with Crippen LogP contribution >= 0.6 is 0 Å². The lowest BCUT2D eigenvalue weighted by molar-refractivity contribution is -0.122. The summed E-state index contributed by atoms with van der Waals surface area (Å²) in [6.07, 6.45) is 2.71. The molecular weight excluding hydrogens is 344 g/mol. The van der Waals surface area contributed by atoms with Crippen molar-refractivity contribution in [3.05, 3.63) is 23.8 Å². The maximum absolute atomic E-state index is 12.3. The first-order chi connectivity index (χ1) is 13.3. The second kappa shape index (κ2) is 8.91. The van der Waals surface area contributed by atoms with Gasteiger partial charge in [-0.15, -0.1) is 0 Å². The molecule has 1 aromatic carbocycles. The maximum atomic E-state index is 12.3. The van der Waals surface area contributed by atoms with E-state index in [1.54, 1.807) is 0 Å². The van der Waals surface area contributed by atoms with E-state index >= 15 is 0 Å². The predicted octanol–water partition coefficient (Wildman–Crippen LogP) is 0.745. The van der Waals surface area contributed by atoms with Crippen LogP contribution in [0.3, 0.4) is 0 Å². The summed E-state index contributed by atoms with van der Waals surface area (Å²) < 4.78 is 10.7. The summed E-state index contributed by atoms with van der Waals surface area (Å²) in [4.78, 5) is 19.6. The van der Waals surface area contributed by atoms with Crippen LogP contribution in [-0.2, 0) is 11.3 Å². The van der Waals surface area contributed by atoms with Crippen molar-refractivity contribution in [1.29, 1.82) is 0 Å². The zero-order valence-corrected chi connectivity index (χ0v) is 16.0. The molecule has 1 aromatic rings. The molecule has 4 rings (SSSR count). The quantitative estimate of drug-likeness (QED) is 0.760. The van der Waals surface area contributed by atoms with Gasteiger partial charge < -0.3 is 19.7 Å². The minimum atomic E-state index is 0.0817. The highest BCUT2D eigenvalue weighted by molar-refractivity contribution is 5.78. The van der Waals surface area contributed by atoms with Crippen molar-refractivity contribution in [2.45, 2.75) is 19.4 Å². The highest BCUT2D eigenvalue weighted by Crippen LogP contribution is 2.32. The number of amides is 1. The average Bonchev–Trinajstić information content (AvgIpc) is 3.37. The summed E-state index contributed by atoms with van der Waals surface area (Å²) in [6.45, 7) is 10.2. The van der Waals surface area contributed by atoms with E-state index in [4.69, 9.17) is 9.47 Å². The normalized spacial score (nSPS) is 20.9. The van der Waals surface area contributed by atoms with Crippen LogP contribution in [0.4, 0.5) is 0 Å². The van der Waals surface area contributed by atoms with E-state index in [0.29, 0.717) is 13.1 Å². The van der Waals surface area contributed by atoms with Crippen LogP contribution in [0.1, 0.15) is 18.4 Å². The molecule has 0 radical (unpaired) electrons. The largest absolute Gasteiger partial charge is 0.454 e. The SMILES string of the molecule is O=C(CN1CCN(CCN2CCCC2)CC1)NCc1ccc2c(c1)OCO2. The molecule has 3 aliphatic heterocycles. The number of carbonyl (C=O) groups excluding carboxylic acids is 1. The zero-order chi connectivity index (χ0) is 18.5. The summed E-state index contributed by atoms with van der Waals surface area (Å²) in [7, 11) is 0. The lowest BCUT2D eigenvalue weighted by atomic mass is 10.2. The standard InChI is InChI=1S/C20H30N4O3/c25-20(21-14-17-3-4-18-19(13-17)27-16-26-18)15-24-11-9-23(10-12-24)8-7-22-5-1-2-6-22/h3-4,13H,1-2,5-12,14-16H2,(H,21,25). The third-order valence-corrected chi connectivity index (χ3v) is 5.69. The molecule has 0 spiro atoms. The summed E-state index contributed by atoms with van der Waals surface area (Å²) >= 11 is 0. The van der Waals surface area contributed by atoms with Crippen molar-refractivity contribution in [2.24, 2.45) is 0 Å². The molecule has 148 valence electrons.